The summed E-state index contributed by atoms with van der Waals surface area (Å²) >= 11 is 0. The van der Waals surface area contributed by atoms with Crippen LogP contribution in [0.3, 0.4) is 0 Å². The van der Waals surface area contributed by atoms with Gasteiger partial charge in [-0.3, -0.25) is 19.7 Å². The number of nitro groups is 1. The molecule has 0 fully saturated rings. The number of likely N-dealkylation sites (N-methyl/N-ethyl adjacent to an activating group) is 1. The van der Waals surface area contributed by atoms with E-state index in [2.05, 4.69) is 0 Å². The van der Waals surface area contributed by atoms with Gasteiger partial charge in [0, 0.05) is 25.2 Å². The fourth-order valence-electron chi connectivity index (χ4n) is 4.09. The van der Waals surface area contributed by atoms with Gasteiger partial charge >= 0.3 is 0 Å². The number of anilines is 1. The van der Waals surface area contributed by atoms with Crippen molar-refractivity contribution in [1.82, 2.24) is 4.90 Å². The average molecular weight is 456 g/mol. The topological polar surface area (TPSA) is 83.8 Å². The van der Waals surface area contributed by atoms with Crippen LogP contribution in [0, 0.1) is 10.1 Å². The van der Waals surface area contributed by atoms with Gasteiger partial charge in [0.25, 0.3) is 17.5 Å². The third kappa shape index (κ3) is 4.32. The second-order valence-electron chi connectivity index (χ2n) is 7.99. The van der Waals surface area contributed by atoms with Crippen LogP contribution in [-0.2, 0) is 22.6 Å². The fourth-order valence-corrected chi connectivity index (χ4v) is 4.09. The number of nitro benzene ring substituents is 1. The number of aryl methyl sites for hydroxylation is 1. The molecule has 0 N–H and O–H groups in total. The Hall–Kier alpha value is -4.26. The minimum atomic E-state index is -0.490. The van der Waals surface area contributed by atoms with Gasteiger partial charge in [-0.1, -0.05) is 49.4 Å². The molecule has 1 aliphatic rings. The number of rotatable bonds is 8. The van der Waals surface area contributed by atoms with Crippen molar-refractivity contribution in [3.8, 4) is 0 Å². The predicted molar refractivity (Wildman–Crippen MR) is 131 cm³/mol. The number of carbonyl (C=O) groups excluding carboxylic acids is 2. The number of benzene rings is 3. The molecule has 0 atom stereocenters. The Morgan fingerprint density at radius 3 is 2.03 bits per heavy atom. The number of hydrogen-bond donors (Lipinski definition) is 0. The second-order valence-corrected chi connectivity index (χ2v) is 7.99. The van der Waals surface area contributed by atoms with Crippen molar-refractivity contribution in [3.05, 3.63) is 111 Å². The van der Waals surface area contributed by atoms with E-state index in [0.717, 1.165) is 17.5 Å². The molecule has 0 bridgehead atoms. The summed E-state index contributed by atoms with van der Waals surface area (Å²) in [6.07, 6.45) is 0.848. The van der Waals surface area contributed by atoms with Gasteiger partial charge in [0.15, 0.2) is 0 Å². The van der Waals surface area contributed by atoms with Crippen molar-refractivity contribution >= 4 is 28.8 Å². The lowest BCUT2D eigenvalue weighted by molar-refractivity contribution is -0.384. The van der Waals surface area contributed by atoms with Crippen LogP contribution in [0.25, 0.3) is 5.57 Å². The van der Waals surface area contributed by atoms with Gasteiger partial charge < -0.3 is 4.90 Å². The first-order chi connectivity index (χ1) is 16.4. The minimum Gasteiger partial charge on any atom is -0.362 e. The van der Waals surface area contributed by atoms with E-state index in [1.807, 2.05) is 61.2 Å². The minimum absolute atomic E-state index is 0.0775. The lowest BCUT2D eigenvalue weighted by Gasteiger charge is -2.25. The smallest absolute Gasteiger partial charge is 0.282 e. The molecular formula is C27H25N3O4. The third-order valence-electron chi connectivity index (χ3n) is 5.94. The van der Waals surface area contributed by atoms with Gasteiger partial charge in [0.05, 0.1) is 16.2 Å². The Kier molecular flexibility index (Phi) is 6.54. The Morgan fingerprint density at radius 1 is 0.824 bits per heavy atom. The van der Waals surface area contributed by atoms with Crippen LogP contribution >= 0.6 is 0 Å². The van der Waals surface area contributed by atoms with Crippen molar-refractivity contribution in [1.29, 1.82) is 0 Å². The maximum atomic E-state index is 13.7. The molecule has 0 radical (unpaired) electrons. The van der Waals surface area contributed by atoms with E-state index in [0.29, 0.717) is 30.0 Å². The Morgan fingerprint density at radius 2 is 1.47 bits per heavy atom. The lowest BCUT2D eigenvalue weighted by atomic mass is 10.0. The van der Waals surface area contributed by atoms with Crippen molar-refractivity contribution in [3.63, 3.8) is 0 Å². The van der Waals surface area contributed by atoms with Gasteiger partial charge in [-0.05, 0) is 54.3 Å². The quantitative estimate of drug-likeness (QED) is 0.272. The number of carbonyl (C=O) groups is 2. The van der Waals surface area contributed by atoms with E-state index in [9.17, 15) is 19.7 Å². The zero-order valence-electron chi connectivity index (χ0n) is 19.1. The molecule has 0 saturated heterocycles. The fraction of sp³-hybridized carbons (Fsp3) is 0.185. The monoisotopic (exact) mass is 455 g/mol. The average Bonchev–Trinajstić information content (AvgIpc) is 3.13. The molecule has 7 heteroatoms. The number of imide groups is 1. The first-order valence-electron chi connectivity index (χ1n) is 11.2. The Balaban J connectivity index is 1.81. The molecule has 172 valence electrons. The summed E-state index contributed by atoms with van der Waals surface area (Å²) in [5, 5.41) is 11.1. The second kappa shape index (κ2) is 9.70. The molecule has 4 rings (SSSR count). The van der Waals surface area contributed by atoms with Crippen LogP contribution in [0.4, 0.5) is 11.4 Å². The van der Waals surface area contributed by atoms with Crippen LogP contribution in [-0.4, -0.2) is 28.2 Å². The van der Waals surface area contributed by atoms with Crippen LogP contribution in [0.5, 0.6) is 0 Å². The zero-order chi connectivity index (χ0) is 24.2. The van der Waals surface area contributed by atoms with Crippen molar-refractivity contribution < 1.29 is 14.5 Å². The Bertz CT molecular complexity index is 1250. The van der Waals surface area contributed by atoms with E-state index in [1.165, 1.54) is 29.2 Å². The standard InChI is InChI=1S/C27H25N3O4/c1-3-19-10-14-22(15-11-19)29-26(31)24(21-12-16-23(17-13-21)30(33)34)25(27(29)32)28(4-2)18-20-8-6-5-7-9-20/h5-17H,3-4,18H2,1-2H3. The molecule has 2 amide bonds. The molecule has 0 aromatic heterocycles. The summed E-state index contributed by atoms with van der Waals surface area (Å²) < 4.78 is 0. The highest BCUT2D eigenvalue weighted by Gasteiger charge is 2.42. The van der Waals surface area contributed by atoms with Gasteiger partial charge in [0.2, 0.25) is 0 Å². The summed E-state index contributed by atoms with van der Waals surface area (Å²) in [5.74, 6) is -0.843. The summed E-state index contributed by atoms with van der Waals surface area (Å²) in [7, 11) is 0. The lowest BCUT2D eigenvalue weighted by Crippen LogP contribution is -2.35. The number of hydrogen-bond acceptors (Lipinski definition) is 5. The maximum Gasteiger partial charge on any atom is 0.282 e. The van der Waals surface area contributed by atoms with Crippen LogP contribution in [0.2, 0.25) is 0 Å². The molecule has 0 saturated carbocycles. The molecule has 1 aliphatic heterocycles. The van der Waals surface area contributed by atoms with Crippen LogP contribution in [0.15, 0.2) is 84.6 Å². The van der Waals surface area contributed by atoms with E-state index in [4.69, 9.17) is 0 Å². The first-order valence-corrected chi connectivity index (χ1v) is 11.2. The highest BCUT2D eigenvalue weighted by molar-refractivity contribution is 6.45. The molecule has 7 nitrogen and oxygen atoms in total. The zero-order valence-corrected chi connectivity index (χ0v) is 19.1. The Labute approximate surface area is 198 Å². The van der Waals surface area contributed by atoms with Gasteiger partial charge in [-0.15, -0.1) is 0 Å². The first kappa shape index (κ1) is 22.9. The highest BCUT2D eigenvalue weighted by Crippen LogP contribution is 2.36. The summed E-state index contributed by atoms with van der Waals surface area (Å²) in [6.45, 7) is 4.92. The summed E-state index contributed by atoms with van der Waals surface area (Å²) in [5.41, 5.74) is 3.54. The molecule has 34 heavy (non-hydrogen) atoms. The molecular weight excluding hydrogens is 430 g/mol. The molecule has 0 spiro atoms. The van der Waals surface area contributed by atoms with Crippen molar-refractivity contribution in [2.45, 2.75) is 26.8 Å². The van der Waals surface area contributed by atoms with E-state index in [-0.39, 0.29) is 11.3 Å². The SMILES string of the molecule is CCc1ccc(N2C(=O)C(c3ccc([N+](=O)[O-])cc3)=C(N(CC)Cc3ccccc3)C2=O)cc1. The number of non-ortho nitro benzene ring substituents is 1. The van der Waals surface area contributed by atoms with E-state index >= 15 is 0 Å². The molecule has 0 unspecified atom stereocenters. The summed E-state index contributed by atoms with van der Waals surface area (Å²) in [4.78, 5) is 41.1. The van der Waals surface area contributed by atoms with Crippen LogP contribution in [0.1, 0.15) is 30.5 Å². The van der Waals surface area contributed by atoms with Gasteiger partial charge in [0.1, 0.15) is 5.70 Å². The van der Waals surface area contributed by atoms with Gasteiger partial charge in [-0.2, -0.15) is 0 Å². The molecule has 1 heterocycles. The molecule has 3 aromatic rings. The normalized spacial score (nSPS) is 13.5. The highest BCUT2D eigenvalue weighted by atomic mass is 16.6. The maximum absolute atomic E-state index is 13.7. The van der Waals surface area contributed by atoms with Crippen molar-refractivity contribution in [2.75, 3.05) is 11.4 Å². The number of amides is 2. The van der Waals surface area contributed by atoms with Crippen molar-refractivity contribution in [2.24, 2.45) is 0 Å². The van der Waals surface area contributed by atoms with Crippen LogP contribution < -0.4 is 4.90 Å². The van der Waals surface area contributed by atoms with E-state index in [1.54, 1.807) is 12.1 Å². The van der Waals surface area contributed by atoms with E-state index < -0.39 is 16.7 Å². The largest absolute Gasteiger partial charge is 0.362 e. The summed E-state index contributed by atoms with van der Waals surface area (Å²) in [6, 6.07) is 22.8. The van der Waals surface area contributed by atoms with Gasteiger partial charge in [-0.25, -0.2) is 4.90 Å². The predicted octanol–water partition coefficient (Wildman–Crippen LogP) is 4.96. The molecule has 3 aromatic carbocycles. The third-order valence-corrected chi connectivity index (χ3v) is 5.94. The number of nitrogens with zero attached hydrogens (tertiary/aromatic N) is 3. The molecule has 0 aliphatic carbocycles.